The van der Waals surface area contributed by atoms with Crippen LogP contribution in [0.2, 0.25) is 5.02 Å². The SMILES string of the molecule is Cc1ccc(C(=O)C(NC(=O)c2ccco2)Nc2ccc(Cl)cc2)cc1. The highest BCUT2D eigenvalue weighted by Crippen LogP contribution is 2.16. The average Bonchev–Trinajstić information content (AvgIpc) is 3.18. The van der Waals surface area contributed by atoms with Gasteiger partial charge in [-0.3, -0.25) is 9.59 Å². The van der Waals surface area contributed by atoms with Crippen molar-refractivity contribution in [2.45, 2.75) is 13.1 Å². The maximum Gasteiger partial charge on any atom is 0.288 e. The highest BCUT2D eigenvalue weighted by atomic mass is 35.5. The van der Waals surface area contributed by atoms with Gasteiger partial charge in [-0.25, -0.2) is 0 Å². The van der Waals surface area contributed by atoms with E-state index in [-0.39, 0.29) is 11.5 Å². The number of halogens is 1. The van der Waals surface area contributed by atoms with Crippen molar-refractivity contribution in [3.8, 4) is 0 Å². The van der Waals surface area contributed by atoms with Crippen molar-refractivity contribution < 1.29 is 14.0 Å². The van der Waals surface area contributed by atoms with Crippen LogP contribution in [0.25, 0.3) is 0 Å². The van der Waals surface area contributed by atoms with Crippen LogP contribution in [0.5, 0.6) is 0 Å². The van der Waals surface area contributed by atoms with Gasteiger partial charge in [-0.1, -0.05) is 41.4 Å². The standard InChI is InChI=1S/C20H17ClN2O3/c1-13-4-6-14(7-5-13)18(24)19(22-16-10-8-15(21)9-11-16)23-20(25)17-3-2-12-26-17/h2-12,19,22H,1H3,(H,23,25). The molecule has 1 amide bonds. The fourth-order valence-electron chi connectivity index (χ4n) is 2.37. The maximum absolute atomic E-state index is 12.9. The molecule has 5 nitrogen and oxygen atoms in total. The molecule has 2 N–H and O–H groups in total. The van der Waals surface area contributed by atoms with Crippen molar-refractivity contribution >= 4 is 29.0 Å². The van der Waals surface area contributed by atoms with E-state index < -0.39 is 12.1 Å². The topological polar surface area (TPSA) is 71.3 Å². The number of hydrogen-bond donors (Lipinski definition) is 2. The van der Waals surface area contributed by atoms with Crippen molar-refractivity contribution in [3.05, 3.63) is 88.8 Å². The Labute approximate surface area is 156 Å². The molecular formula is C20H17ClN2O3. The van der Waals surface area contributed by atoms with E-state index in [9.17, 15) is 9.59 Å². The summed E-state index contributed by atoms with van der Waals surface area (Å²) in [7, 11) is 0. The third-order valence-electron chi connectivity index (χ3n) is 3.77. The van der Waals surface area contributed by atoms with Gasteiger partial charge in [0.1, 0.15) is 0 Å². The lowest BCUT2D eigenvalue weighted by molar-refractivity contribution is 0.0853. The Balaban J connectivity index is 1.84. The van der Waals surface area contributed by atoms with Gasteiger partial charge < -0.3 is 15.1 Å². The number of furan rings is 1. The number of amides is 1. The summed E-state index contributed by atoms with van der Waals surface area (Å²) in [5, 5.41) is 6.28. The molecule has 0 aliphatic carbocycles. The second kappa shape index (κ2) is 7.89. The molecule has 0 aliphatic rings. The number of Topliss-reactive ketones (excluding diaryl/α,β-unsaturated/α-hetero) is 1. The first-order valence-corrected chi connectivity index (χ1v) is 8.38. The summed E-state index contributed by atoms with van der Waals surface area (Å²) in [6, 6.07) is 17.2. The minimum absolute atomic E-state index is 0.129. The summed E-state index contributed by atoms with van der Waals surface area (Å²) in [4.78, 5) is 25.2. The molecule has 0 saturated carbocycles. The van der Waals surface area contributed by atoms with Crippen molar-refractivity contribution in [1.29, 1.82) is 0 Å². The van der Waals surface area contributed by atoms with Crippen LogP contribution >= 0.6 is 11.6 Å². The quantitative estimate of drug-likeness (QED) is 0.503. The zero-order valence-electron chi connectivity index (χ0n) is 14.0. The van der Waals surface area contributed by atoms with E-state index in [4.69, 9.17) is 16.0 Å². The molecule has 1 atom stereocenters. The van der Waals surface area contributed by atoms with Crippen LogP contribution in [0.15, 0.2) is 71.3 Å². The van der Waals surface area contributed by atoms with E-state index >= 15 is 0 Å². The summed E-state index contributed by atoms with van der Waals surface area (Å²) >= 11 is 5.90. The Hall–Kier alpha value is -3.05. The Kier molecular flexibility index (Phi) is 5.39. The molecular weight excluding hydrogens is 352 g/mol. The Bertz CT molecular complexity index is 888. The lowest BCUT2D eigenvalue weighted by Crippen LogP contribution is -2.46. The fourth-order valence-corrected chi connectivity index (χ4v) is 2.50. The summed E-state index contributed by atoms with van der Waals surface area (Å²) in [6.45, 7) is 1.94. The third kappa shape index (κ3) is 4.32. The van der Waals surface area contributed by atoms with Crippen LogP contribution in [0, 0.1) is 6.92 Å². The van der Waals surface area contributed by atoms with Crippen LogP contribution in [0.3, 0.4) is 0 Å². The van der Waals surface area contributed by atoms with Crippen molar-refractivity contribution in [2.24, 2.45) is 0 Å². The van der Waals surface area contributed by atoms with Crippen LogP contribution in [-0.4, -0.2) is 17.9 Å². The minimum Gasteiger partial charge on any atom is -0.459 e. The van der Waals surface area contributed by atoms with E-state index in [0.29, 0.717) is 16.3 Å². The Morgan fingerprint density at radius 3 is 2.31 bits per heavy atom. The molecule has 0 spiro atoms. The van der Waals surface area contributed by atoms with Gasteiger partial charge in [0, 0.05) is 16.3 Å². The smallest absolute Gasteiger partial charge is 0.288 e. The molecule has 1 unspecified atom stereocenters. The van der Waals surface area contributed by atoms with Crippen LogP contribution in [0.4, 0.5) is 5.69 Å². The van der Waals surface area contributed by atoms with Crippen LogP contribution in [-0.2, 0) is 0 Å². The molecule has 3 aromatic rings. The highest BCUT2D eigenvalue weighted by Gasteiger charge is 2.23. The number of nitrogens with one attached hydrogen (secondary N) is 2. The zero-order valence-corrected chi connectivity index (χ0v) is 14.8. The van der Waals surface area contributed by atoms with E-state index in [2.05, 4.69) is 10.6 Å². The molecule has 0 fully saturated rings. The van der Waals surface area contributed by atoms with Gasteiger partial charge in [-0.2, -0.15) is 0 Å². The molecule has 6 heteroatoms. The average molecular weight is 369 g/mol. The van der Waals surface area contributed by atoms with Gasteiger partial charge in [0.25, 0.3) is 5.91 Å². The number of hydrogen-bond acceptors (Lipinski definition) is 4. The highest BCUT2D eigenvalue weighted by molar-refractivity contribution is 6.30. The second-order valence-corrected chi connectivity index (χ2v) is 6.20. The molecule has 1 heterocycles. The van der Waals surface area contributed by atoms with Gasteiger partial charge in [0.2, 0.25) is 5.78 Å². The number of carbonyl (C=O) groups is 2. The van der Waals surface area contributed by atoms with E-state index in [0.717, 1.165) is 5.56 Å². The van der Waals surface area contributed by atoms with E-state index in [1.54, 1.807) is 42.5 Å². The molecule has 0 radical (unpaired) electrons. The van der Waals surface area contributed by atoms with Gasteiger partial charge in [0.15, 0.2) is 11.9 Å². The van der Waals surface area contributed by atoms with Crippen molar-refractivity contribution in [3.63, 3.8) is 0 Å². The normalized spacial score (nSPS) is 11.6. The van der Waals surface area contributed by atoms with Crippen molar-refractivity contribution in [1.82, 2.24) is 5.32 Å². The Morgan fingerprint density at radius 1 is 1.00 bits per heavy atom. The molecule has 0 saturated heterocycles. The number of ketones is 1. The molecule has 3 rings (SSSR count). The maximum atomic E-state index is 12.9. The number of carbonyl (C=O) groups excluding carboxylic acids is 2. The minimum atomic E-state index is -0.962. The van der Waals surface area contributed by atoms with Gasteiger partial charge in [-0.05, 0) is 43.3 Å². The molecule has 2 aromatic carbocycles. The van der Waals surface area contributed by atoms with Crippen LogP contribution in [0.1, 0.15) is 26.5 Å². The number of anilines is 1. The summed E-state index contributed by atoms with van der Waals surface area (Å²) in [5.41, 5.74) is 2.18. The molecule has 0 aliphatic heterocycles. The zero-order chi connectivity index (χ0) is 18.5. The number of rotatable bonds is 6. The van der Waals surface area contributed by atoms with Gasteiger partial charge in [-0.15, -0.1) is 0 Å². The van der Waals surface area contributed by atoms with Crippen LogP contribution < -0.4 is 10.6 Å². The van der Waals surface area contributed by atoms with Gasteiger partial charge in [0.05, 0.1) is 6.26 Å². The lowest BCUT2D eigenvalue weighted by atomic mass is 10.1. The first-order valence-electron chi connectivity index (χ1n) is 8.00. The van der Waals surface area contributed by atoms with Crippen molar-refractivity contribution in [2.75, 3.05) is 5.32 Å². The summed E-state index contributed by atoms with van der Waals surface area (Å²) in [5.74, 6) is -0.619. The lowest BCUT2D eigenvalue weighted by Gasteiger charge is -2.20. The first-order chi connectivity index (χ1) is 12.5. The summed E-state index contributed by atoms with van der Waals surface area (Å²) in [6.07, 6.45) is 0.440. The molecule has 132 valence electrons. The molecule has 1 aromatic heterocycles. The number of benzene rings is 2. The number of aryl methyl sites for hydroxylation is 1. The first kappa shape index (κ1) is 17.8. The predicted molar refractivity (Wildman–Crippen MR) is 101 cm³/mol. The fraction of sp³-hybridized carbons (Fsp3) is 0.100. The molecule has 26 heavy (non-hydrogen) atoms. The second-order valence-electron chi connectivity index (χ2n) is 5.77. The monoisotopic (exact) mass is 368 g/mol. The van der Waals surface area contributed by atoms with E-state index in [1.165, 1.54) is 12.3 Å². The summed E-state index contributed by atoms with van der Waals surface area (Å²) < 4.78 is 5.09. The third-order valence-corrected chi connectivity index (χ3v) is 4.03. The predicted octanol–water partition coefficient (Wildman–Crippen LogP) is 4.29. The van der Waals surface area contributed by atoms with E-state index in [1.807, 2.05) is 19.1 Å². The molecule has 0 bridgehead atoms. The largest absolute Gasteiger partial charge is 0.459 e. The Morgan fingerprint density at radius 2 is 1.69 bits per heavy atom. The van der Waals surface area contributed by atoms with Gasteiger partial charge >= 0.3 is 0 Å².